The fourth-order valence-electron chi connectivity index (χ4n) is 5.15. The smallest absolute Gasteiger partial charge is 0.252 e. The lowest BCUT2D eigenvalue weighted by molar-refractivity contribution is 0.0365. The summed E-state index contributed by atoms with van der Waals surface area (Å²) in [4.78, 5) is 18.8. The molecule has 9 nitrogen and oxygen atoms in total. The Morgan fingerprint density at radius 3 is 2.65 bits per heavy atom. The van der Waals surface area contributed by atoms with E-state index in [9.17, 15) is 13.6 Å². The second-order valence-corrected chi connectivity index (χ2v) is 9.75. The molecular formula is C26H33F2N7O2. The Morgan fingerprint density at radius 1 is 1.11 bits per heavy atom. The number of hydrogen-bond acceptors (Lipinski definition) is 7. The minimum atomic E-state index is -0.842. The largest absolute Gasteiger partial charge is 0.379 e. The predicted molar refractivity (Wildman–Crippen MR) is 139 cm³/mol. The van der Waals surface area contributed by atoms with Crippen molar-refractivity contribution in [1.29, 1.82) is 0 Å². The topological polar surface area (TPSA) is 123 Å². The third-order valence-corrected chi connectivity index (χ3v) is 7.25. The van der Waals surface area contributed by atoms with E-state index in [1.54, 1.807) is 0 Å². The van der Waals surface area contributed by atoms with Gasteiger partial charge in [-0.05, 0) is 37.1 Å². The number of nitrogens with zero attached hydrogens (tertiary/aromatic N) is 3. The molecule has 2 aliphatic rings. The van der Waals surface area contributed by atoms with Crippen LogP contribution >= 0.6 is 0 Å². The number of carbonyl (C=O) groups is 1. The molecule has 1 unspecified atom stereocenters. The molecule has 0 radical (unpaired) electrons. The fraction of sp³-hybridized carbons (Fsp3) is 0.462. The third-order valence-electron chi connectivity index (χ3n) is 7.25. The van der Waals surface area contributed by atoms with E-state index in [4.69, 9.17) is 16.2 Å². The van der Waals surface area contributed by atoms with Crippen LogP contribution in [0.2, 0.25) is 0 Å². The Morgan fingerprint density at radius 2 is 1.89 bits per heavy atom. The van der Waals surface area contributed by atoms with Crippen molar-refractivity contribution in [3.63, 3.8) is 0 Å². The summed E-state index contributed by atoms with van der Waals surface area (Å²) in [5.41, 5.74) is 12.7. The van der Waals surface area contributed by atoms with Crippen LogP contribution in [0, 0.1) is 11.6 Å². The van der Waals surface area contributed by atoms with Gasteiger partial charge in [-0.25, -0.2) is 13.8 Å². The number of hydrogen-bond donors (Lipinski definition) is 4. The van der Waals surface area contributed by atoms with Crippen LogP contribution in [0.15, 0.2) is 30.5 Å². The summed E-state index contributed by atoms with van der Waals surface area (Å²) < 4.78 is 37.0. The Hall–Kier alpha value is -3.28. The lowest BCUT2D eigenvalue weighted by atomic mass is 9.91. The average Bonchev–Trinajstić information content (AvgIpc) is 3.29. The molecule has 1 aliphatic carbocycles. The first kappa shape index (κ1) is 25.4. The maximum absolute atomic E-state index is 14.9. The molecule has 3 aromatic rings. The van der Waals surface area contributed by atoms with E-state index in [0.717, 1.165) is 56.8 Å². The van der Waals surface area contributed by atoms with Crippen LogP contribution < -0.4 is 22.1 Å². The number of carbonyl (C=O) groups excluding carboxylic acids is 1. The molecule has 1 saturated heterocycles. The van der Waals surface area contributed by atoms with Gasteiger partial charge < -0.3 is 31.4 Å². The number of ether oxygens (including phenoxy) is 1. The third kappa shape index (κ3) is 5.68. The zero-order chi connectivity index (χ0) is 25.9. The Balaban J connectivity index is 1.43. The van der Waals surface area contributed by atoms with E-state index < -0.39 is 17.5 Å². The molecular weight excluding hydrogens is 480 g/mol. The highest BCUT2D eigenvalue weighted by molar-refractivity contribution is 6.01. The van der Waals surface area contributed by atoms with Gasteiger partial charge in [0.2, 0.25) is 0 Å². The second-order valence-electron chi connectivity index (χ2n) is 9.75. The number of benzene rings is 1. The summed E-state index contributed by atoms with van der Waals surface area (Å²) in [7, 11) is 0. The van der Waals surface area contributed by atoms with Gasteiger partial charge >= 0.3 is 0 Å². The summed E-state index contributed by atoms with van der Waals surface area (Å²) in [5, 5.41) is 6.88. The van der Waals surface area contributed by atoms with Gasteiger partial charge in [-0.15, -0.1) is 0 Å². The number of halogens is 2. The van der Waals surface area contributed by atoms with Crippen LogP contribution in [0.3, 0.4) is 0 Å². The molecule has 198 valence electrons. The fourth-order valence-corrected chi connectivity index (χ4v) is 5.15. The highest BCUT2D eigenvalue weighted by Gasteiger charge is 2.25. The highest BCUT2D eigenvalue weighted by atomic mass is 19.1. The van der Waals surface area contributed by atoms with Gasteiger partial charge in [-0.3, -0.25) is 9.69 Å². The number of fused-ring (bicyclic) bond motifs is 1. The number of anilines is 3. The number of rotatable bonds is 8. The molecule has 2 aromatic heterocycles. The normalized spacial score (nSPS) is 20.7. The first-order valence-electron chi connectivity index (χ1n) is 12.8. The van der Waals surface area contributed by atoms with Crippen LogP contribution in [0.1, 0.15) is 36.0 Å². The lowest BCUT2D eigenvalue weighted by Crippen LogP contribution is -2.43. The van der Waals surface area contributed by atoms with E-state index in [1.165, 1.54) is 12.1 Å². The number of nitrogens with one attached hydrogen (secondary N) is 2. The highest BCUT2D eigenvalue weighted by Crippen LogP contribution is 2.31. The first-order chi connectivity index (χ1) is 17.9. The number of aromatic nitrogens is 2. The van der Waals surface area contributed by atoms with Gasteiger partial charge in [-0.1, -0.05) is 12.8 Å². The van der Waals surface area contributed by atoms with Gasteiger partial charge in [0, 0.05) is 49.8 Å². The van der Waals surface area contributed by atoms with Crippen molar-refractivity contribution in [1.82, 2.24) is 14.5 Å². The molecule has 0 bridgehead atoms. The number of nitrogens with two attached hydrogens (primary N) is 2. The molecule has 5 rings (SSSR count). The minimum absolute atomic E-state index is 0.0226. The SMILES string of the molecule is NC(=O)c1cc(F)c(NC2CCCC[C@@H]2N)nc1Nc1cc(F)cc2c1ccn2CCN1CCOCC1. The molecule has 11 heteroatoms. The van der Waals surface area contributed by atoms with Crippen molar-refractivity contribution in [3.05, 3.63) is 47.7 Å². The van der Waals surface area contributed by atoms with E-state index in [2.05, 4.69) is 20.5 Å². The first-order valence-corrected chi connectivity index (χ1v) is 12.8. The van der Waals surface area contributed by atoms with E-state index >= 15 is 0 Å². The van der Waals surface area contributed by atoms with Crippen molar-refractivity contribution in [3.8, 4) is 0 Å². The zero-order valence-corrected chi connectivity index (χ0v) is 20.7. The maximum Gasteiger partial charge on any atom is 0.252 e. The second kappa shape index (κ2) is 11.0. The summed E-state index contributed by atoms with van der Waals surface area (Å²) >= 11 is 0. The van der Waals surface area contributed by atoms with Gasteiger partial charge in [0.1, 0.15) is 11.6 Å². The monoisotopic (exact) mass is 513 g/mol. The van der Waals surface area contributed by atoms with Gasteiger partial charge in [0.15, 0.2) is 11.6 Å². The Bertz CT molecular complexity index is 1280. The number of morpholine rings is 1. The summed E-state index contributed by atoms with van der Waals surface area (Å²) in [6, 6.07) is 5.48. The molecule has 1 saturated carbocycles. The summed E-state index contributed by atoms with van der Waals surface area (Å²) in [6.07, 6.45) is 5.56. The summed E-state index contributed by atoms with van der Waals surface area (Å²) in [5.74, 6) is -1.96. The zero-order valence-electron chi connectivity index (χ0n) is 20.7. The summed E-state index contributed by atoms with van der Waals surface area (Å²) in [6.45, 7) is 4.67. The number of primary amides is 1. The molecule has 2 atom stereocenters. The minimum Gasteiger partial charge on any atom is -0.379 e. The molecule has 3 heterocycles. The van der Waals surface area contributed by atoms with E-state index in [-0.39, 0.29) is 29.3 Å². The average molecular weight is 514 g/mol. The van der Waals surface area contributed by atoms with E-state index in [1.807, 2.05) is 16.8 Å². The van der Waals surface area contributed by atoms with Crippen molar-refractivity contribution in [2.24, 2.45) is 11.5 Å². The van der Waals surface area contributed by atoms with Crippen LogP contribution in [0.4, 0.5) is 26.1 Å². The number of amides is 1. The number of pyridine rings is 1. The molecule has 0 spiro atoms. The molecule has 1 amide bonds. The van der Waals surface area contributed by atoms with Crippen molar-refractivity contribution >= 4 is 34.1 Å². The molecule has 1 aromatic carbocycles. The predicted octanol–water partition coefficient (Wildman–Crippen LogP) is 3.17. The van der Waals surface area contributed by atoms with Gasteiger partial charge in [0.25, 0.3) is 5.91 Å². The van der Waals surface area contributed by atoms with Crippen LogP contribution in [0.25, 0.3) is 10.9 Å². The van der Waals surface area contributed by atoms with E-state index in [0.29, 0.717) is 31.0 Å². The molecule has 37 heavy (non-hydrogen) atoms. The quantitative estimate of drug-likeness (QED) is 0.365. The van der Waals surface area contributed by atoms with Gasteiger partial charge in [0.05, 0.1) is 30.0 Å². The molecule has 1 aliphatic heterocycles. The molecule has 6 N–H and O–H groups in total. The molecule has 2 fully saturated rings. The lowest BCUT2D eigenvalue weighted by Gasteiger charge is -2.30. The Kier molecular flexibility index (Phi) is 7.54. The van der Waals surface area contributed by atoms with Crippen molar-refractivity contribution in [2.45, 2.75) is 44.3 Å². The van der Waals surface area contributed by atoms with Gasteiger partial charge in [-0.2, -0.15) is 0 Å². The van der Waals surface area contributed by atoms with Crippen molar-refractivity contribution in [2.75, 3.05) is 43.5 Å². The van der Waals surface area contributed by atoms with Crippen molar-refractivity contribution < 1.29 is 18.3 Å². The Labute approximate surface area is 214 Å². The van der Waals surface area contributed by atoms with Crippen LogP contribution in [0.5, 0.6) is 0 Å². The van der Waals surface area contributed by atoms with Crippen LogP contribution in [-0.2, 0) is 11.3 Å². The van der Waals surface area contributed by atoms with Crippen LogP contribution in [-0.4, -0.2) is 65.3 Å². The maximum atomic E-state index is 14.9. The standard InChI is InChI=1S/C26H33F2N7O2/c27-16-13-22(17-5-6-35(23(17)14-16)8-7-34-9-11-37-12-10-34)32-25-18(24(30)36)15-19(28)26(33-25)31-21-4-2-1-3-20(21)29/h5-6,13-15,20-21H,1-4,7-12,29H2,(H2,30,36)(H2,31,32,33)/t20-,21?/m0/s1.